The Morgan fingerprint density at radius 2 is 2.35 bits per heavy atom. The molecule has 2 aromatic rings. The Balaban J connectivity index is 2.33. The van der Waals surface area contributed by atoms with Crippen LogP contribution < -0.4 is 11.1 Å². The lowest BCUT2D eigenvalue weighted by Crippen LogP contribution is -2.36. The minimum atomic E-state index is -0.709. The molecule has 0 aliphatic heterocycles. The number of amides is 1. The smallest absolute Gasteiger partial charge is 0.254 e. The Bertz CT molecular complexity index is 582. The van der Waals surface area contributed by atoms with Crippen molar-refractivity contribution < 1.29 is 9.53 Å². The van der Waals surface area contributed by atoms with Gasteiger partial charge in [0.2, 0.25) is 0 Å². The molecule has 0 aliphatic carbocycles. The number of benzene rings is 1. The minimum absolute atomic E-state index is 0.0972. The van der Waals surface area contributed by atoms with Crippen LogP contribution in [0.4, 0.5) is 5.69 Å². The van der Waals surface area contributed by atoms with E-state index < -0.39 is 6.10 Å². The van der Waals surface area contributed by atoms with Gasteiger partial charge in [-0.2, -0.15) is 5.10 Å². The maximum Gasteiger partial charge on any atom is 0.254 e. The number of hydrogen-bond donors (Lipinski definition) is 2. The normalized spacial score (nSPS) is 12.2. The average molecular weight is 295 g/mol. The van der Waals surface area contributed by atoms with Crippen LogP contribution in [-0.2, 0) is 9.53 Å². The second kappa shape index (κ2) is 6.51. The molecule has 0 fully saturated rings. The molecule has 106 valence electrons. The van der Waals surface area contributed by atoms with Crippen molar-refractivity contribution in [3.63, 3.8) is 0 Å². The standard InChI is InChI=1S/C13H15ClN4O2/c1-20-11(8-15)13(19)17-10-5-2-4-9(14)12(10)18-7-3-6-16-18/h2-7,11H,8,15H2,1H3,(H,17,19). The van der Waals surface area contributed by atoms with E-state index in [1.165, 1.54) is 7.11 Å². The van der Waals surface area contributed by atoms with Gasteiger partial charge in [0, 0.05) is 26.0 Å². The third kappa shape index (κ3) is 2.98. The van der Waals surface area contributed by atoms with Gasteiger partial charge in [-0.15, -0.1) is 0 Å². The van der Waals surface area contributed by atoms with E-state index in [0.29, 0.717) is 16.4 Å². The fourth-order valence-corrected chi connectivity index (χ4v) is 2.03. The van der Waals surface area contributed by atoms with E-state index in [9.17, 15) is 4.79 Å². The molecule has 1 unspecified atom stereocenters. The van der Waals surface area contributed by atoms with Crippen molar-refractivity contribution in [1.29, 1.82) is 0 Å². The maximum absolute atomic E-state index is 12.0. The minimum Gasteiger partial charge on any atom is -0.370 e. The highest BCUT2D eigenvalue weighted by Gasteiger charge is 2.18. The van der Waals surface area contributed by atoms with Crippen LogP contribution in [0.25, 0.3) is 5.69 Å². The van der Waals surface area contributed by atoms with Crippen molar-refractivity contribution in [2.45, 2.75) is 6.10 Å². The monoisotopic (exact) mass is 294 g/mol. The number of ether oxygens (including phenoxy) is 1. The summed E-state index contributed by atoms with van der Waals surface area (Å²) in [4.78, 5) is 12.0. The number of methoxy groups -OCH3 is 1. The lowest BCUT2D eigenvalue weighted by molar-refractivity contribution is -0.125. The van der Waals surface area contributed by atoms with Gasteiger partial charge in [-0.1, -0.05) is 17.7 Å². The van der Waals surface area contributed by atoms with E-state index in [4.69, 9.17) is 22.1 Å². The Kier molecular flexibility index (Phi) is 4.73. The number of nitrogens with one attached hydrogen (secondary N) is 1. The van der Waals surface area contributed by atoms with Gasteiger partial charge in [0.15, 0.2) is 0 Å². The average Bonchev–Trinajstić information content (AvgIpc) is 2.94. The third-order valence-electron chi connectivity index (χ3n) is 2.77. The number of nitrogens with two attached hydrogens (primary N) is 1. The first kappa shape index (κ1) is 14.5. The van der Waals surface area contributed by atoms with Gasteiger partial charge in [-0.05, 0) is 18.2 Å². The molecule has 6 nitrogen and oxygen atoms in total. The van der Waals surface area contributed by atoms with Crippen molar-refractivity contribution >= 4 is 23.2 Å². The number of anilines is 1. The first-order chi connectivity index (χ1) is 9.67. The molecule has 1 aromatic heterocycles. The Hall–Kier alpha value is -1.89. The number of hydrogen-bond acceptors (Lipinski definition) is 4. The third-order valence-corrected chi connectivity index (χ3v) is 3.07. The number of halogens is 1. The molecule has 1 amide bonds. The van der Waals surface area contributed by atoms with Crippen molar-refractivity contribution in [3.8, 4) is 5.69 Å². The summed E-state index contributed by atoms with van der Waals surface area (Å²) in [7, 11) is 1.43. The van der Waals surface area contributed by atoms with E-state index in [0.717, 1.165) is 0 Å². The van der Waals surface area contributed by atoms with Crippen molar-refractivity contribution in [2.24, 2.45) is 5.73 Å². The number of carbonyl (C=O) groups excluding carboxylic acids is 1. The van der Waals surface area contributed by atoms with E-state index in [2.05, 4.69) is 10.4 Å². The number of nitrogens with zero attached hydrogens (tertiary/aromatic N) is 2. The Labute approximate surface area is 121 Å². The largest absolute Gasteiger partial charge is 0.370 e. The highest BCUT2D eigenvalue weighted by molar-refractivity contribution is 6.33. The number of aromatic nitrogens is 2. The number of rotatable bonds is 5. The molecule has 0 saturated carbocycles. The molecule has 0 aliphatic rings. The highest BCUT2D eigenvalue weighted by Crippen LogP contribution is 2.28. The van der Waals surface area contributed by atoms with Gasteiger partial charge in [0.25, 0.3) is 5.91 Å². The molecule has 0 spiro atoms. The van der Waals surface area contributed by atoms with Crippen LogP contribution in [0.3, 0.4) is 0 Å². The van der Waals surface area contributed by atoms with E-state index in [1.807, 2.05) is 0 Å². The van der Waals surface area contributed by atoms with Crippen LogP contribution >= 0.6 is 11.6 Å². The molecule has 7 heteroatoms. The summed E-state index contributed by atoms with van der Waals surface area (Å²) in [5.74, 6) is -0.328. The van der Waals surface area contributed by atoms with Crippen LogP contribution in [-0.4, -0.2) is 35.4 Å². The van der Waals surface area contributed by atoms with Gasteiger partial charge in [-0.3, -0.25) is 4.79 Å². The summed E-state index contributed by atoms with van der Waals surface area (Å²) in [6, 6.07) is 6.98. The predicted molar refractivity (Wildman–Crippen MR) is 77.1 cm³/mol. The molecule has 0 radical (unpaired) electrons. The van der Waals surface area contributed by atoms with Crippen LogP contribution in [0.15, 0.2) is 36.7 Å². The van der Waals surface area contributed by atoms with Crippen LogP contribution in [0.2, 0.25) is 5.02 Å². The van der Waals surface area contributed by atoms with E-state index in [-0.39, 0.29) is 12.5 Å². The van der Waals surface area contributed by atoms with Crippen molar-refractivity contribution in [1.82, 2.24) is 9.78 Å². The predicted octanol–water partition coefficient (Wildman–Crippen LogP) is 1.44. The molecule has 0 saturated heterocycles. The second-order valence-corrected chi connectivity index (χ2v) is 4.44. The van der Waals surface area contributed by atoms with Crippen LogP contribution in [0.1, 0.15) is 0 Å². The molecular weight excluding hydrogens is 280 g/mol. The maximum atomic E-state index is 12.0. The van der Waals surface area contributed by atoms with Gasteiger partial charge in [-0.25, -0.2) is 4.68 Å². The molecule has 1 aromatic carbocycles. The number of para-hydroxylation sites is 1. The van der Waals surface area contributed by atoms with Crippen molar-refractivity contribution in [3.05, 3.63) is 41.7 Å². The summed E-state index contributed by atoms with van der Waals surface area (Å²) < 4.78 is 6.59. The lowest BCUT2D eigenvalue weighted by atomic mass is 10.2. The highest BCUT2D eigenvalue weighted by atomic mass is 35.5. The summed E-state index contributed by atoms with van der Waals surface area (Å²) in [5, 5.41) is 7.36. The number of carbonyl (C=O) groups is 1. The van der Waals surface area contributed by atoms with E-state index >= 15 is 0 Å². The van der Waals surface area contributed by atoms with Crippen molar-refractivity contribution in [2.75, 3.05) is 19.0 Å². The summed E-state index contributed by atoms with van der Waals surface area (Å²) in [6.45, 7) is 0.0972. The topological polar surface area (TPSA) is 82.2 Å². The summed E-state index contributed by atoms with van der Waals surface area (Å²) in [5.41, 5.74) is 6.61. The first-order valence-electron chi connectivity index (χ1n) is 5.99. The molecular formula is C13H15ClN4O2. The zero-order valence-electron chi connectivity index (χ0n) is 10.9. The first-order valence-corrected chi connectivity index (χ1v) is 6.37. The molecule has 3 N–H and O–H groups in total. The molecule has 1 atom stereocenters. The fourth-order valence-electron chi connectivity index (χ4n) is 1.77. The molecule has 2 rings (SSSR count). The summed E-state index contributed by atoms with van der Waals surface area (Å²) in [6.07, 6.45) is 2.67. The van der Waals surface area contributed by atoms with Crippen LogP contribution in [0.5, 0.6) is 0 Å². The van der Waals surface area contributed by atoms with Gasteiger partial charge in [0.1, 0.15) is 11.8 Å². The second-order valence-electron chi connectivity index (χ2n) is 4.04. The molecule has 20 heavy (non-hydrogen) atoms. The zero-order valence-corrected chi connectivity index (χ0v) is 11.7. The lowest BCUT2D eigenvalue weighted by Gasteiger charge is -2.16. The molecule has 0 bridgehead atoms. The van der Waals surface area contributed by atoms with Gasteiger partial charge < -0.3 is 15.8 Å². The molecule has 1 heterocycles. The fraction of sp³-hybridized carbons (Fsp3) is 0.231. The quantitative estimate of drug-likeness (QED) is 0.874. The van der Waals surface area contributed by atoms with Gasteiger partial charge in [0.05, 0.1) is 10.7 Å². The van der Waals surface area contributed by atoms with E-state index in [1.54, 1.807) is 41.3 Å². The zero-order chi connectivity index (χ0) is 14.5. The Morgan fingerprint density at radius 3 is 2.95 bits per heavy atom. The summed E-state index contributed by atoms with van der Waals surface area (Å²) >= 11 is 6.18. The Morgan fingerprint density at radius 1 is 1.55 bits per heavy atom. The van der Waals surface area contributed by atoms with Gasteiger partial charge >= 0.3 is 0 Å². The SMILES string of the molecule is COC(CN)C(=O)Nc1cccc(Cl)c1-n1cccn1. The van der Waals surface area contributed by atoms with Crippen LogP contribution in [0, 0.1) is 0 Å².